The predicted octanol–water partition coefficient (Wildman–Crippen LogP) is 3.05. The summed E-state index contributed by atoms with van der Waals surface area (Å²) in [5.41, 5.74) is 2.95. The van der Waals surface area contributed by atoms with Crippen LogP contribution in [0.3, 0.4) is 0 Å². The van der Waals surface area contributed by atoms with Gasteiger partial charge in [0, 0.05) is 31.9 Å². The number of hydrogen-bond donors (Lipinski definition) is 1. The molecule has 2 fully saturated rings. The van der Waals surface area contributed by atoms with Crippen LogP contribution in [0.4, 0.5) is 11.4 Å². The summed E-state index contributed by atoms with van der Waals surface area (Å²) in [6.07, 6.45) is 5.41. The first kappa shape index (κ1) is 15.5. The summed E-state index contributed by atoms with van der Waals surface area (Å²) in [6.45, 7) is 4.88. The molecule has 2 aliphatic rings. The largest absolute Gasteiger partial charge is 0.495 e. The molecule has 1 spiro atoms. The molecule has 1 N–H and O–H groups in total. The van der Waals surface area contributed by atoms with E-state index in [1.54, 1.807) is 7.11 Å². The van der Waals surface area contributed by atoms with Crippen molar-refractivity contribution in [2.75, 3.05) is 57.6 Å². The Morgan fingerprint density at radius 3 is 2.27 bits per heavy atom. The highest BCUT2D eigenvalue weighted by molar-refractivity contribution is 5.64. The Bertz CT molecular complexity index is 499. The van der Waals surface area contributed by atoms with Crippen LogP contribution in [0.2, 0.25) is 0 Å². The first-order chi connectivity index (χ1) is 10.7. The van der Waals surface area contributed by atoms with Gasteiger partial charge in [0.1, 0.15) is 5.75 Å². The van der Waals surface area contributed by atoms with E-state index in [0.717, 1.165) is 11.4 Å². The van der Waals surface area contributed by atoms with Gasteiger partial charge in [0.25, 0.3) is 0 Å². The number of methoxy groups -OCH3 is 1. The molecule has 1 aromatic rings. The standard InChI is InChI=1S/C18H29N3O/c1-19-16-5-4-15(14-17(16)22-3)21-12-8-18(9-13-21)6-10-20(2)11-7-18/h4-5,14,19H,6-13H2,1-3H3. The van der Waals surface area contributed by atoms with E-state index in [4.69, 9.17) is 4.74 Å². The maximum absolute atomic E-state index is 5.49. The highest BCUT2D eigenvalue weighted by Crippen LogP contribution is 2.42. The van der Waals surface area contributed by atoms with Gasteiger partial charge in [0.2, 0.25) is 0 Å². The van der Waals surface area contributed by atoms with E-state index in [-0.39, 0.29) is 0 Å². The Morgan fingerprint density at radius 1 is 1.05 bits per heavy atom. The lowest BCUT2D eigenvalue weighted by molar-refractivity contribution is 0.0945. The lowest BCUT2D eigenvalue weighted by atomic mass is 9.71. The zero-order chi connectivity index (χ0) is 15.6. The molecule has 22 heavy (non-hydrogen) atoms. The van der Waals surface area contributed by atoms with Crippen LogP contribution >= 0.6 is 0 Å². The molecule has 0 aliphatic carbocycles. The maximum Gasteiger partial charge on any atom is 0.144 e. The lowest BCUT2D eigenvalue weighted by Gasteiger charge is -2.47. The molecule has 1 aromatic carbocycles. The van der Waals surface area contributed by atoms with Crippen LogP contribution in [0.5, 0.6) is 5.75 Å². The third-order valence-corrected chi connectivity index (χ3v) is 5.69. The van der Waals surface area contributed by atoms with Gasteiger partial charge < -0.3 is 19.9 Å². The summed E-state index contributed by atoms with van der Waals surface area (Å²) in [5.74, 6) is 0.930. The number of likely N-dealkylation sites (tertiary alicyclic amines) is 1. The molecule has 0 saturated carbocycles. The van der Waals surface area contributed by atoms with Gasteiger partial charge >= 0.3 is 0 Å². The second-order valence-electron chi connectivity index (χ2n) is 6.92. The predicted molar refractivity (Wildman–Crippen MR) is 93.2 cm³/mol. The van der Waals surface area contributed by atoms with E-state index in [1.807, 2.05) is 7.05 Å². The Hall–Kier alpha value is -1.42. The van der Waals surface area contributed by atoms with Gasteiger partial charge in [-0.3, -0.25) is 0 Å². The normalized spacial score (nSPS) is 21.9. The topological polar surface area (TPSA) is 27.7 Å². The molecule has 2 aliphatic heterocycles. The third-order valence-electron chi connectivity index (χ3n) is 5.69. The van der Waals surface area contributed by atoms with Crippen LogP contribution in [-0.2, 0) is 0 Å². The molecule has 2 saturated heterocycles. The molecule has 0 bridgehead atoms. The van der Waals surface area contributed by atoms with Crippen molar-refractivity contribution in [1.82, 2.24) is 4.90 Å². The summed E-state index contributed by atoms with van der Waals surface area (Å²) < 4.78 is 5.49. The smallest absolute Gasteiger partial charge is 0.144 e. The second-order valence-corrected chi connectivity index (χ2v) is 6.92. The van der Waals surface area contributed by atoms with Crippen molar-refractivity contribution in [1.29, 1.82) is 0 Å². The summed E-state index contributed by atoms with van der Waals surface area (Å²) in [4.78, 5) is 4.99. The number of rotatable bonds is 3. The van der Waals surface area contributed by atoms with Crippen molar-refractivity contribution in [3.8, 4) is 5.75 Å². The van der Waals surface area contributed by atoms with E-state index in [0.29, 0.717) is 5.41 Å². The number of anilines is 2. The van der Waals surface area contributed by atoms with Crippen LogP contribution in [0.1, 0.15) is 25.7 Å². The molecule has 0 atom stereocenters. The summed E-state index contributed by atoms with van der Waals surface area (Å²) in [6, 6.07) is 6.49. The van der Waals surface area contributed by atoms with E-state index in [9.17, 15) is 0 Å². The first-order valence-corrected chi connectivity index (χ1v) is 8.45. The van der Waals surface area contributed by atoms with E-state index < -0.39 is 0 Å². The van der Waals surface area contributed by atoms with Crippen LogP contribution < -0.4 is 15.0 Å². The zero-order valence-electron chi connectivity index (χ0n) is 14.2. The Morgan fingerprint density at radius 2 is 1.68 bits per heavy atom. The Kier molecular flexibility index (Phi) is 4.48. The van der Waals surface area contributed by atoms with Gasteiger partial charge in [-0.2, -0.15) is 0 Å². The van der Waals surface area contributed by atoms with E-state index in [1.165, 1.54) is 57.5 Å². The number of benzene rings is 1. The average molecular weight is 303 g/mol. The quantitative estimate of drug-likeness (QED) is 0.929. The van der Waals surface area contributed by atoms with Gasteiger partial charge in [-0.25, -0.2) is 0 Å². The molecular formula is C18H29N3O. The van der Waals surface area contributed by atoms with Gasteiger partial charge in [-0.1, -0.05) is 0 Å². The van der Waals surface area contributed by atoms with Crippen LogP contribution in [-0.4, -0.2) is 52.3 Å². The molecule has 4 nitrogen and oxygen atoms in total. The molecule has 3 rings (SSSR count). The second kappa shape index (κ2) is 6.37. The van der Waals surface area contributed by atoms with Gasteiger partial charge in [0.05, 0.1) is 12.8 Å². The van der Waals surface area contributed by atoms with Crippen LogP contribution in [0, 0.1) is 5.41 Å². The molecular weight excluding hydrogens is 274 g/mol. The van der Waals surface area contributed by atoms with Crippen LogP contribution in [0.15, 0.2) is 18.2 Å². The lowest BCUT2D eigenvalue weighted by Crippen LogP contribution is -2.46. The van der Waals surface area contributed by atoms with Crippen molar-refractivity contribution >= 4 is 11.4 Å². The van der Waals surface area contributed by atoms with Crippen molar-refractivity contribution in [2.24, 2.45) is 5.41 Å². The molecule has 0 radical (unpaired) electrons. The fourth-order valence-electron chi connectivity index (χ4n) is 3.92. The minimum Gasteiger partial charge on any atom is -0.495 e. The third kappa shape index (κ3) is 3.02. The van der Waals surface area contributed by atoms with E-state index in [2.05, 4.69) is 40.4 Å². The highest BCUT2D eigenvalue weighted by Gasteiger charge is 2.36. The van der Waals surface area contributed by atoms with Gasteiger partial charge in [-0.15, -0.1) is 0 Å². The van der Waals surface area contributed by atoms with Crippen LogP contribution in [0.25, 0.3) is 0 Å². The zero-order valence-corrected chi connectivity index (χ0v) is 14.2. The number of nitrogens with one attached hydrogen (secondary N) is 1. The fraction of sp³-hybridized carbons (Fsp3) is 0.667. The minimum absolute atomic E-state index is 0.609. The summed E-state index contributed by atoms with van der Waals surface area (Å²) >= 11 is 0. The minimum atomic E-state index is 0.609. The molecule has 0 aromatic heterocycles. The Labute approximate surface area is 134 Å². The highest BCUT2D eigenvalue weighted by atomic mass is 16.5. The van der Waals surface area contributed by atoms with E-state index >= 15 is 0 Å². The summed E-state index contributed by atoms with van der Waals surface area (Å²) in [5, 5.41) is 3.18. The molecule has 0 unspecified atom stereocenters. The van der Waals surface area contributed by atoms with Crippen molar-refractivity contribution in [2.45, 2.75) is 25.7 Å². The average Bonchev–Trinajstić information content (AvgIpc) is 2.58. The Balaban J connectivity index is 1.66. The maximum atomic E-state index is 5.49. The van der Waals surface area contributed by atoms with Crippen molar-refractivity contribution < 1.29 is 4.74 Å². The number of ether oxygens (including phenoxy) is 1. The molecule has 122 valence electrons. The van der Waals surface area contributed by atoms with Gasteiger partial charge in [-0.05, 0) is 63.4 Å². The number of nitrogens with zero attached hydrogens (tertiary/aromatic N) is 2. The van der Waals surface area contributed by atoms with Gasteiger partial charge in [0.15, 0.2) is 0 Å². The van der Waals surface area contributed by atoms with Crippen molar-refractivity contribution in [3.63, 3.8) is 0 Å². The van der Waals surface area contributed by atoms with Crippen molar-refractivity contribution in [3.05, 3.63) is 18.2 Å². The fourth-order valence-corrected chi connectivity index (χ4v) is 3.92. The monoisotopic (exact) mass is 303 g/mol. The summed E-state index contributed by atoms with van der Waals surface area (Å²) in [7, 11) is 5.92. The SMILES string of the molecule is CNc1ccc(N2CCC3(CCN(C)CC3)CC2)cc1OC. The number of piperidine rings is 2. The molecule has 4 heteroatoms. The molecule has 2 heterocycles. The number of hydrogen-bond acceptors (Lipinski definition) is 4. The molecule has 0 amide bonds. The first-order valence-electron chi connectivity index (χ1n) is 8.45.